The molecule has 0 aliphatic carbocycles. The first-order chi connectivity index (χ1) is 4.41. The van der Waals surface area contributed by atoms with Gasteiger partial charge in [0.25, 0.3) is 0 Å². The Kier molecular flexibility index (Phi) is 9.26. The molecule has 0 fully saturated rings. The van der Waals surface area contributed by atoms with Gasteiger partial charge in [-0.25, -0.2) is 0 Å². The molecule has 0 aromatic carbocycles. The predicted octanol–water partition coefficient (Wildman–Crippen LogP) is 2.14. The van der Waals surface area contributed by atoms with Gasteiger partial charge in [0.2, 0.25) is 0 Å². The van der Waals surface area contributed by atoms with Crippen LogP contribution in [0.15, 0.2) is 0 Å². The third-order valence-electron chi connectivity index (χ3n) is 0.447. The van der Waals surface area contributed by atoms with Crippen molar-refractivity contribution >= 4 is 19.0 Å². The third kappa shape index (κ3) is 90.9. The molecule has 0 aromatic heterocycles. The van der Waals surface area contributed by atoms with E-state index in [-0.39, 0.29) is 0 Å². The van der Waals surface area contributed by atoms with Crippen LogP contribution in [-0.2, 0) is 11.8 Å². The molecule has 0 atom stereocenters. The van der Waals surface area contributed by atoms with Crippen molar-refractivity contribution in [2.45, 2.75) is 13.8 Å². The summed E-state index contributed by atoms with van der Waals surface area (Å²) in [5.74, 6) is 2.63. The fourth-order valence-corrected chi connectivity index (χ4v) is 0.671. The number of hydrogen-bond donors (Lipinski definition) is 0. The summed E-state index contributed by atoms with van der Waals surface area (Å²) >= 11 is 1.58. The lowest BCUT2D eigenvalue weighted by Crippen LogP contribution is -2.02. The van der Waals surface area contributed by atoms with Crippen LogP contribution in [-0.4, -0.2) is 18.8 Å². The molecule has 0 aliphatic heterocycles. The highest BCUT2D eigenvalue weighted by Crippen LogP contribution is 2.06. The van der Waals surface area contributed by atoms with Gasteiger partial charge >= 0.3 is 7.25 Å². The maximum atomic E-state index is 9.75. The smallest absolute Gasteiger partial charge is 0.418 e. The largest absolute Gasteiger partial charge is 0.673 e. The highest BCUT2D eigenvalue weighted by Gasteiger charge is 2.20. The lowest BCUT2D eigenvalue weighted by molar-refractivity contribution is 0.368. The normalized spacial score (nSPS) is 10.2. The molecule has 0 N–H and O–H groups in total. The van der Waals surface area contributed by atoms with Crippen molar-refractivity contribution in [3.05, 3.63) is 0 Å². The zero-order valence-electron chi connectivity index (χ0n) is 5.95. The molecule has 0 rings (SSSR count). The number of hydrogen-bond acceptors (Lipinski definition) is 0. The Labute approximate surface area is 62.5 Å². The van der Waals surface area contributed by atoms with E-state index in [1.165, 1.54) is 11.5 Å². The average Bonchev–Trinajstić information content (AvgIpc) is 1.63. The summed E-state index contributed by atoms with van der Waals surface area (Å²) in [6.07, 6.45) is 0. The minimum absolute atomic E-state index is 1.32. The van der Waals surface area contributed by atoms with Crippen molar-refractivity contribution in [1.82, 2.24) is 0 Å². The molecular weight excluding hydrogens is 167 g/mol. The van der Waals surface area contributed by atoms with Crippen LogP contribution in [0, 0.1) is 0 Å². The van der Waals surface area contributed by atoms with Gasteiger partial charge in [0.05, 0.1) is 0 Å². The van der Waals surface area contributed by atoms with Crippen LogP contribution in [0.2, 0.25) is 0 Å². The van der Waals surface area contributed by atoms with Crippen LogP contribution in [0.4, 0.5) is 17.3 Å². The Hall–Kier alpha value is 0.135. The van der Waals surface area contributed by atoms with Crippen molar-refractivity contribution in [3.63, 3.8) is 0 Å². The SMILES string of the molecule is CC[SH+]CC.F[B-](F)(F)F. The zero-order valence-corrected chi connectivity index (χ0v) is 6.85. The molecule has 6 heteroatoms. The van der Waals surface area contributed by atoms with E-state index in [1.807, 2.05) is 0 Å². The van der Waals surface area contributed by atoms with E-state index in [9.17, 15) is 17.3 Å². The lowest BCUT2D eigenvalue weighted by atomic mass is 10.3. The van der Waals surface area contributed by atoms with Crippen molar-refractivity contribution in [1.29, 1.82) is 0 Å². The molecule has 0 aliphatic rings. The second-order valence-corrected chi connectivity index (χ2v) is 3.06. The topological polar surface area (TPSA) is 0 Å². The lowest BCUT2D eigenvalue weighted by Gasteiger charge is -1.94. The van der Waals surface area contributed by atoms with Gasteiger partial charge in [-0.1, -0.05) is 0 Å². The first-order valence-corrected chi connectivity index (χ1v) is 4.18. The zero-order chi connectivity index (χ0) is 8.62. The monoisotopic (exact) mass is 178 g/mol. The molecule has 10 heavy (non-hydrogen) atoms. The summed E-state index contributed by atoms with van der Waals surface area (Å²) in [7, 11) is -6.00. The Balaban J connectivity index is 0. The molecule has 0 nitrogen and oxygen atoms in total. The molecular formula is C4H11BF4S. The highest BCUT2D eigenvalue weighted by atomic mass is 32.2. The van der Waals surface area contributed by atoms with E-state index >= 15 is 0 Å². The maximum absolute atomic E-state index is 9.75. The van der Waals surface area contributed by atoms with Gasteiger partial charge < -0.3 is 17.3 Å². The van der Waals surface area contributed by atoms with Gasteiger partial charge in [-0.3, -0.25) is 0 Å². The molecule has 64 valence electrons. The van der Waals surface area contributed by atoms with Crippen molar-refractivity contribution < 1.29 is 17.3 Å². The second kappa shape index (κ2) is 7.24. The van der Waals surface area contributed by atoms with Crippen LogP contribution in [0.5, 0.6) is 0 Å². The van der Waals surface area contributed by atoms with Crippen LogP contribution in [0.3, 0.4) is 0 Å². The Bertz CT molecular complexity index is 56.8. The summed E-state index contributed by atoms with van der Waals surface area (Å²) in [6.45, 7) is 4.40. The number of rotatable bonds is 2. The van der Waals surface area contributed by atoms with Crippen molar-refractivity contribution in [3.8, 4) is 0 Å². The van der Waals surface area contributed by atoms with E-state index in [4.69, 9.17) is 0 Å². The summed E-state index contributed by atoms with van der Waals surface area (Å²) < 4.78 is 39.0. The van der Waals surface area contributed by atoms with Gasteiger partial charge in [-0.2, -0.15) is 0 Å². The predicted molar refractivity (Wildman–Crippen MR) is 40.0 cm³/mol. The number of thiol groups is 1. The van der Waals surface area contributed by atoms with E-state index in [0.29, 0.717) is 0 Å². The summed E-state index contributed by atoms with van der Waals surface area (Å²) in [4.78, 5) is 0. The molecule has 0 saturated heterocycles. The minimum atomic E-state index is -6.00. The Morgan fingerprint density at radius 2 is 1.20 bits per heavy atom. The van der Waals surface area contributed by atoms with Gasteiger partial charge in [0, 0.05) is 0 Å². The van der Waals surface area contributed by atoms with E-state index < -0.39 is 7.25 Å². The van der Waals surface area contributed by atoms with Crippen LogP contribution >= 0.6 is 0 Å². The van der Waals surface area contributed by atoms with Gasteiger partial charge in [-0.15, -0.1) is 0 Å². The number of halogens is 4. The van der Waals surface area contributed by atoms with Crippen LogP contribution in [0.1, 0.15) is 13.8 Å². The van der Waals surface area contributed by atoms with E-state index in [0.717, 1.165) is 0 Å². The molecule has 0 amide bonds. The van der Waals surface area contributed by atoms with Gasteiger partial charge in [-0.05, 0) is 25.6 Å². The van der Waals surface area contributed by atoms with Crippen molar-refractivity contribution in [2.75, 3.05) is 11.5 Å². The van der Waals surface area contributed by atoms with Crippen molar-refractivity contribution in [2.24, 2.45) is 0 Å². The third-order valence-corrected chi connectivity index (χ3v) is 1.34. The standard InChI is InChI=1S/C4H10S.BF4/c1-3-5-4-2;2-1(3,4)5/h3-4H2,1-2H3;/q;-1/p+1. The molecule has 0 unspecified atom stereocenters. The molecule has 0 heterocycles. The second-order valence-electron chi connectivity index (χ2n) is 1.35. The summed E-state index contributed by atoms with van der Waals surface area (Å²) in [5.41, 5.74) is 0. The fourth-order valence-electron chi connectivity index (χ4n) is 0.224. The van der Waals surface area contributed by atoms with E-state index in [1.54, 1.807) is 11.8 Å². The first kappa shape index (κ1) is 12.8. The van der Waals surface area contributed by atoms with Crippen LogP contribution in [0.25, 0.3) is 0 Å². The summed E-state index contributed by atoms with van der Waals surface area (Å²) in [6, 6.07) is 0. The van der Waals surface area contributed by atoms with Gasteiger partial charge in [0.1, 0.15) is 11.5 Å². The Morgan fingerprint density at radius 1 is 1.00 bits per heavy atom. The average molecular weight is 178 g/mol. The Morgan fingerprint density at radius 3 is 1.20 bits per heavy atom. The molecule has 0 radical (unpaired) electrons. The first-order valence-electron chi connectivity index (χ1n) is 2.92. The molecule has 0 spiro atoms. The highest BCUT2D eigenvalue weighted by molar-refractivity contribution is 7.78. The van der Waals surface area contributed by atoms with Gasteiger partial charge in [0.15, 0.2) is 0 Å². The maximum Gasteiger partial charge on any atom is 0.673 e. The van der Waals surface area contributed by atoms with Crippen LogP contribution < -0.4 is 0 Å². The molecule has 0 saturated carbocycles. The summed E-state index contributed by atoms with van der Waals surface area (Å²) in [5, 5.41) is 0. The fraction of sp³-hybridized carbons (Fsp3) is 1.00. The quantitative estimate of drug-likeness (QED) is 0.263. The minimum Gasteiger partial charge on any atom is -0.418 e. The molecule has 0 bridgehead atoms. The molecule has 0 aromatic rings. The van der Waals surface area contributed by atoms with E-state index in [2.05, 4.69) is 13.8 Å².